The summed E-state index contributed by atoms with van der Waals surface area (Å²) in [4.78, 5) is 11.3. The highest BCUT2D eigenvalue weighted by Crippen LogP contribution is 2.21. The molecular formula is C13H14N2O2. The summed E-state index contributed by atoms with van der Waals surface area (Å²) in [5, 5.41) is 4.38. The summed E-state index contributed by atoms with van der Waals surface area (Å²) >= 11 is 0. The third-order valence-corrected chi connectivity index (χ3v) is 2.51. The number of carbonyl (C=O) groups excluding carboxylic acids is 1. The predicted octanol–water partition coefficient (Wildman–Crippen LogP) is 1.80. The van der Waals surface area contributed by atoms with E-state index in [1.165, 1.54) is 7.11 Å². The Hall–Kier alpha value is -2.10. The molecule has 2 aromatic rings. The molecule has 0 radical (unpaired) electrons. The molecule has 1 aromatic carbocycles. The Labute approximate surface area is 99.8 Å². The summed E-state index contributed by atoms with van der Waals surface area (Å²) in [6, 6.07) is 9.80. The summed E-state index contributed by atoms with van der Waals surface area (Å²) in [6.45, 7) is 0. The predicted molar refractivity (Wildman–Crippen MR) is 64.4 cm³/mol. The molecule has 0 saturated heterocycles. The molecule has 0 bridgehead atoms. The molecule has 1 aromatic heterocycles. The lowest BCUT2D eigenvalue weighted by atomic mass is 10.1. The molecule has 0 amide bonds. The molecule has 0 unspecified atom stereocenters. The number of aromatic nitrogens is 2. The molecule has 0 saturated carbocycles. The number of rotatable bonds is 3. The standard InChI is InChI=1S/C13H14N2O2/c1-15-9-11(8-12(16)17-2)13(14-15)10-6-4-3-5-7-10/h3-7,9H,8H2,1-2H3. The van der Waals surface area contributed by atoms with Gasteiger partial charge in [0, 0.05) is 24.4 Å². The Morgan fingerprint density at radius 1 is 1.35 bits per heavy atom. The Balaban J connectivity index is 2.37. The van der Waals surface area contributed by atoms with Gasteiger partial charge in [0.1, 0.15) is 0 Å². The van der Waals surface area contributed by atoms with Gasteiger partial charge in [0.15, 0.2) is 0 Å². The molecular weight excluding hydrogens is 216 g/mol. The maximum atomic E-state index is 11.3. The summed E-state index contributed by atoms with van der Waals surface area (Å²) in [5.74, 6) is -0.254. The third-order valence-electron chi connectivity index (χ3n) is 2.51. The molecule has 4 heteroatoms. The van der Waals surface area contributed by atoms with E-state index < -0.39 is 0 Å². The van der Waals surface area contributed by atoms with E-state index in [1.807, 2.05) is 43.6 Å². The average Bonchev–Trinajstić information content (AvgIpc) is 2.71. The first-order valence-electron chi connectivity index (χ1n) is 5.35. The summed E-state index contributed by atoms with van der Waals surface area (Å²) in [5.41, 5.74) is 2.72. The van der Waals surface area contributed by atoms with Crippen LogP contribution in [0.25, 0.3) is 11.3 Å². The summed E-state index contributed by atoms with van der Waals surface area (Å²) in [6.07, 6.45) is 2.09. The van der Waals surface area contributed by atoms with Crippen molar-refractivity contribution in [1.82, 2.24) is 9.78 Å². The van der Waals surface area contributed by atoms with Crippen LogP contribution in [0.4, 0.5) is 0 Å². The van der Waals surface area contributed by atoms with Crippen LogP contribution < -0.4 is 0 Å². The van der Waals surface area contributed by atoms with Crippen LogP contribution in [0.5, 0.6) is 0 Å². The van der Waals surface area contributed by atoms with Crippen molar-refractivity contribution in [1.29, 1.82) is 0 Å². The number of aryl methyl sites for hydroxylation is 1. The fourth-order valence-corrected chi connectivity index (χ4v) is 1.73. The number of esters is 1. The van der Waals surface area contributed by atoms with Crippen molar-refractivity contribution in [3.05, 3.63) is 42.1 Å². The highest BCUT2D eigenvalue weighted by atomic mass is 16.5. The lowest BCUT2D eigenvalue weighted by Gasteiger charge is -2.01. The molecule has 0 N–H and O–H groups in total. The van der Waals surface area contributed by atoms with Crippen LogP contribution in [0.2, 0.25) is 0 Å². The van der Waals surface area contributed by atoms with Crippen LogP contribution >= 0.6 is 0 Å². The zero-order valence-electron chi connectivity index (χ0n) is 9.88. The minimum Gasteiger partial charge on any atom is -0.469 e. The van der Waals surface area contributed by atoms with E-state index in [4.69, 9.17) is 0 Å². The van der Waals surface area contributed by atoms with Crippen molar-refractivity contribution in [3.63, 3.8) is 0 Å². The van der Waals surface area contributed by atoms with E-state index in [0.717, 1.165) is 16.8 Å². The van der Waals surface area contributed by atoms with Crippen molar-refractivity contribution in [2.75, 3.05) is 7.11 Å². The number of hydrogen-bond acceptors (Lipinski definition) is 3. The van der Waals surface area contributed by atoms with Gasteiger partial charge in [-0.1, -0.05) is 30.3 Å². The van der Waals surface area contributed by atoms with Crippen LogP contribution in [-0.2, 0) is 23.0 Å². The van der Waals surface area contributed by atoms with Gasteiger partial charge in [-0.05, 0) is 0 Å². The minimum atomic E-state index is -0.254. The zero-order chi connectivity index (χ0) is 12.3. The summed E-state index contributed by atoms with van der Waals surface area (Å²) in [7, 11) is 3.23. The molecule has 2 rings (SSSR count). The van der Waals surface area contributed by atoms with E-state index >= 15 is 0 Å². The van der Waals surface area contributed by atoms with Crippen LogP contribution in [0.3, 0.4) is 0 Å². The zero-order valence-corrected chi connectivity index (χ0v) is 9.88. The van der Waals surface area contributed by atoms with Gasteiger partial charge in [-0.15, -0.1) is 0 Å². The van der Waals surface area contributed by atoms with E-state index in [-0.39, 0.29) is 12.4 Å². The maximum Gasteiger partial charge on any atom is 0.310 e. The van der Waals surface area contributed by atoms with Crippen LogP contribution in [0.1, 0.15) is 5.56 Å². The largest absolute Gasteiger partial charge is 0.469 e. The molecule has 0 atom stereocenters. The smallest absolute Gasteiger partial charge is 0.310 e. The number of methoxy groups -OCH3 is 1. The highest BCUT2D eigenvalue weighted by molar-refractivity contribution is 5.76. The fraction of sp³-hybridized carbons (Fsp3) is 0.231. The normalized spacial score (nSPS) is 10.2. The second-order valence-electron chi connectivity index (χ2n) is 3.80. The summed E-state index contributed by atoms with van der Waals surface area (Å²) < 4.78 is 6.39. The Morgan fingerprint density at radius 3 is 2.71 bits per heavy atom. The first-order chi connectivity index (χ1) is 8.20. The number of hydrogen-bond donors (Lipinski definition) is 0. The number of benzene rings is 1. The van der Waals surface area contributed by atoms with E-state index in [9.17, 15) is 4.79 Å². The number of ether oxygens (including phenoxy) is 1. The Morgan fingerprint density at radius 2 is 2.06 bits per heavy atom. The SMILES string of the molecule is COC(=O)Cc1cn(C)nc1-c1ccccc1. The van der Waals surface area contributed by atoms with Gasteiger partial charge in [0.2, 0.25) is 0 Å². The van der Waals surface area contributed by atoms with Crippen LogP contribution in [0.15, 0.2) is 36.5 Å². The first kappa shape index (κ1) is 11.4. The topological polar surface area (TPSA) is 44.1 Å². The lowest BCUT2D eigenvalue weighted by molar-refractivity contribution is -0.139. The van der Waals surface area contributed by atoms with Gasteiger partial charge in [-0.25, -0.2) is 0 Å². The van der Waals surface area contributed by atoms with E-state index in [0.29, 0.717) is 0 Å². The molecule has 0 fully saturated rings. The average molecular weight is 230 g/mol. The Kier molecular flexibility index (Phi) is 3.23. The molecule has 0 aliphatic rings. The second-order valence-corrected chi connectivity index (χ2v) is 3.80. The van der Waals surface area contributed by atoms with Crippen LogP contribution in [0, 0.1) is 0 Å². The van der Waals surface area contributed by atoms with Gasteiger partial charge in [0.05, 0.1) is 19.2 Å². The minimum absolute atomic E-state index is 0.245. The van der Waals surface area contributed by atoms with E-state index in [2.05, 4.69) is 9.84 Å². The Bertz CT molecular complexity index is 517. The molecule has 0 spiro atoms. The number of carbonyl (C=O) groups is 1. The quantitative estimate of drug-likeness (QED) is 0.755. The molecule has 17 heavy (non-hydrogen) atoms. The van der Waals surface area contributed by atoms with Gasteiger partial charge < -0.3 is 4.74 Å². The van der Waals surface area contributed by atoms with Crippen molar-refractivity contribution in [3.8, 4) is 11.3 Å². The van der Waals surface area contributed by atoms with Crippen LogP contribution in [-0.4, -0.2) is 22.9 Å². The molecule has 0 aliphatic heterocycles. The van der Waals surface area contributed by atoms with Gasteiger partial charge in [-0.2, -0.15) is 5.10 Å². The number of nitrogens with zero attached hydrogens (tertiary/aromatic N) is 2. The van der Waals surface area contributed by atoms with Crippen molar-refractivity contribution >= 4 is 5.97 Å². The lowest BCUT2D eigenvalue weighted by Crippen LogP contribution is -2.04. The van der Waals surface area contributed by atoms with E-state index in [1.54, 1.807) is 4.68 Å². The second kappa shape index (κ2) is 4.82. The van der Waals surface area contributed by atoms with Gasteiger partial charge >= 0.3 is 5.97 Å². The molecule has 0 aliphatic carbocycles. The van der Waals surface area contributed by atoms with Crippen molar-refractivity contribution in [2.45, 2.75) is 6.42 Å². The van der Waals surface area contributed by atoms with Crippen molar-refractivity contribution < 1.29 is 9.53 Å². The monoisotopic (exact) mass is 230 g/mol. The van der Waals surface area contributed by atoms with Gasteiger partial charge in [-0.3, -0.25) is 9.48 Å². The third kappa shape index (κ3) is 2.53. The van der Waals surface area contributed by atoms with Crippen molar-refractivity contribution in [2.24, 2.45) is 7.05 Å². The highest BCUT2D eigenvalue weighted by Gasteiger charge is 2.13. The molecule has 4 nitrogen and oxygen atoms in total. The fourth-order valence-electron chi connectivity index (χ4n) is 1.73. The molecule has 88 valence electrons. The van der Waals surface area contributed by atoms with Gasteiger partial charge in [0.25, 0.3) is 0 Å². The maximum absolute atomic E-state index is 11.3. The first-order valence-corrected chi connectivity index (χ1v) is 5.35. The molecule has 1 heterocycles.